The minimum Gasteiger partial charge on any atom is -0.258 e. The molecule has 8 heteroatoms. The maximum Gasteiger partial charge on any atom is 0.275 e. The summed E-state index contributed by atoms with van der Waals surface area (Å²) < 4.78 is 26.8. The molecule has 1 saturated heterocycles. The van der Waals surface area contributed by atoms with Gasteiger partial charge in [-0.2, -0.15) is 4.31 Å². The molecule has 0 spiro atoms. The van der Waals surface area contributed by atoms with Gasteiger partial charge in [-0.25, -0.2) is 8.42 Å². The van der Waals surface area contributed by atoms with E-state index in [-0.39, 0.29) is 27.2 Å². The van der Waals surface area contributed by atoms with E-state index in [1.54, 1.807) is 0 Å². The number of hydrogen-bond acceptors (Lipinski definition) is 4. The van der Waals surface area contributed by atoms with E-state index in [0.717, 1.165) is 25.3 Å². The molecule has 0 aliphatic carbocycles. The first-order valence-electron chi connectivity index (χ1n) is 6.71. The van der Waals surface area contributed by atoms with Crippen molar-refractivity contribution in [3.63, 3.8) is 0 Å². The zero-order chi connectivity index (χ0) is 15.8. The van der Waals surface area contributed by atoms with Crippen LogP contribution in [0, 0.1) is 17.0 Å². The number of piperidine rings is 1. The first-order chi connectivity index (χ1) is 9.75. The van der Waals surface area contributed by atoms with E-state index >= 15 is 0 Å². The van der Waals surface area contributed by atoms with Gasteiger partial charge in [-0.1, -0.05) is 18.0 Å². The van der Waals surface area contributed by atoms with E-state index in [1.165, 1.54) is 17.3 Å². The zero-order valence-corrected chi connectivity index (χ0v) is 13.4. The van der Waals surface area contributed by atoms with Crippen LogP contribution in [0.5, 0.6) is 0 Å². The van der Waals surface area contributed by atoms with E-state index in [2.05, 4.69) is 0 Å². The average Bonchev–Trinajstić information content (AvgIpc) is 2.41. The van der Waals surface area contributed by atoms with E-state index in [0.29, 0.717) is 6.54 Å². The van der Waals surface area contributed by atoms with Gasteiger partial charge >= 0.3 is 0 Å². The molecule has 6 nitrogen and oxygen atoms in total. The Hall–Kier alpha value is -1.18. The fourth-order valence-electron chi connectivity index (χ4n) is 2.54. The predicted molar refractivity (Wildman–Crippen MR) is 80.0 cm³/mol. The number of rotatable bonds is 3. The summed E-state index contributed by atoms with van der Waals surface area (Å²) >= 11 is 5.96. The number of benzene rings is 1. The normalized spacial score (nSPS) is 20.4. The fourth-order valence-corrected chi connectivity index (χ4v) is 4.57. The molecule has 0 bridgehead atoms. The smallest absolute Gasteiger partial charge is 0.258 e. The van der Waals surface area contributed by atoms with Crippen molar-refractivity contribution in [1.82, 2.24) is 4.31 Å². The minimum atomic E-state index is -3.76. The van der Waals surface area contributed by atoms with Gasteiger partial charge < -0.3 is 0 Å². The maximum atomic E-state index is 12.7. The second-order valence-corrected chi connectivity index (χ2v) is 7.56. The highest BCUT2D eigenvalue weighted by Gasteiger charge is 2.32. The maximum absolute atomic E-state index is 12.7. The Morgan fingerprint density at radius 3 is 2.62 bits per heavy atom. The molecular weight excluding hydrogens is 316 g/mol. The van der Waals surface area contributed by atoms with Gasteiger partial charge in [-0.15, -0.1) is 0 Å². The first-order valence-corrected chi connectivity index (χ1v) is 8.53. The zero-order valence-electron chi connectivity index (χ0n) is 11.9. The third-order valence-corrected chi connectivity index (χ3v) is 6.22. The molecule has 21 heavy (non-hydrogen) atoms. The Balaban J connectivity index is 2.52. The van der Waals surface area contributed by atoms with Crippen molar-refractivity contribution in [3.05, 3.63) is 32.8 Å². The number of sulfonamides is 1. The second kappa shape index (κ2) is 5.90. The van der Waals surface area contributed by atoms with Crippen LogP contribution in [0.4, 0.5) is 5.69 Å². The number of nitro groups is 1. The van der Waals surface area contributed by atoms with Crippen molar-refractivity contribution < 1.29 is 13.3 Å². The highest BCUT2D eigenvalue weighted by molar-refractivity contribution is 7.89. The fraction of sp³-hybridized carbons (Fsp3) is 0.538. The third kappa shape index (κ3) is 3.04. The van der Waals surface area contributed by atoms with Crippen molar-refractivity contribution in [2.75, 3.05) is 6.54 Å². The molecule has 1 aliphatic heterocycles. The van der Waals surface area contributed by atoms with E-state index in [9.17, 15) is 18.5 Å². The number of hydrogen-bond donors (Lipinski definition) is 0. The summed E-state index contributed by atoms with van der Waals surface area (Å²) in [7, 11) is -3.76. The van der Waals surface area contributed by atoms with Crippen LogP contribution in [0.15, 0.2) is 17.0 Å². The first kappa shape index (κ1) is 16.2. The Bertz CT molecular complexity index is 675. The lowest BCUT2D eigenvalue weighted by atomic mass is 10.1. The summed E-state index contributed by atoms with van der Waals surface area (Å²) in [5, 5.41) is 11.1. The van der Waals surface area contributed by atoms with E-state index < -0.39 is 14.9 Å². The molecule has 1 atom stereocenters. The molecule has 0 radical (unpaired) electrons. The van der Waals surface area contributed by atoms with Crippen LogP contribution in [-0.4, -0.2) is 30.2 Å². The molecule has 0 amide bonds. The van der Waals surface area contributed by atoms with Crippen LogP contribution in [0.1, 0.15) is 31.7 Å². The van der Waals surface area contributed by atoms with Crippen LogP contribution >= 0.6 is 11.6 Å². The van der Waals surface area contributed by atoms with Gasteiger partial charge in [0.05, 0.1) is 14.8 Å². The van der Waals surface area contributed by atoms with Crippen LogP contribution in [0.25, 0.3) is 0 Å². The topological polar surface area (TPSA) is 80.5 Å². The minimum absolute atomic E-state index is 0.0902. The lowest BCUT2D eigenvalue weighted by Gasteiger charge is -2.32. The summed E-state index contributed by atoms with van der Waals surface area (Å²) in [5.74, 6) is 0. The molecule has 0 unspecified atom stereocenters. The molecule has 2 rings (SSSR count). The number of nitro benzene ring substituents is 1. The standard InChI is InChI=1S/C13H17ClN2O4S/c1-9-5-3-4-6-15(9)21(19,20)11-7-12(14)10(2)13(8-11)16(17)18/h7-9H,3-6H2,1-2H3/t9-/m1/s1. The second-order valence-electron chi connectivity index (χ2n) is 5.27. The van der Waals surface area contributed by atoms with Gasteiger partial charge in [-0.05, 0) is 32.8 Å². The molecule has 1 aromatic rings. The Kier molecular flexibility index (Phi) is 4.55. The number of nitrogens with zero attached hydrogens (tertiary/aromatic N) is 2. The van der Waals surface area contributed by atoms with Gasteiger partial charge in [0.15, 0.2) is 0 Å². The van der Waals surface area contributed by atoms with Crippen LogP contribution < -0.4 is 0 Å². The van der Waals surface area contributed by atoms with Gasteiger partial charge in [-0.3, -0.25) is 10.1 Å². The van der Waals surface area contributed by atoms with E-state index in [1.807, 2.05) is 6.92 Å². The lowest BCUT2D eigenvalue weighted by molar-refractivity contribution is -0.385. The largest absolute Gasteiger partial charge is 0.275 e. The van der Waals surface area contributed by atoms with Crippen molar-refractivity contribution >= 4 is 27.3 Å². The summed E-state index contributed by atoms with van der Waals surface area (Å²) in [6.07, 6.45) is 2.58. The Morgan fingerprint density at radius 1 is 1.38 bits per heavy atom. The highest BCUT2D eigenvalue weighted by atomic mass is 35.5. The van der Waals surface area contributed by atoms with Crippen molar-refractivity contribution in [2.24, 2.45) is 0 Å². The monoisotopic (exact) mass is 332 g/mol. The lowest BCUT2D eigenvalue weighted by Crippen LogP contribution is -2.41. The molecule has 1 heterocycles. The van der Waals surface area contributed by atoms with Gasteiger partial charge in [0, 0.05) is 24.2 Å². The van der Waals surface area contributed by atoms with E-state index in [4.69, 9.17) is 11.6 Å². The quantitative estimate of drug-likeness (QED) is 0.629. The molecule has 1 fully saturated rings. The Morgan fingerprint density at radius 2 is 2.05 bits per heavy atom. The molecule has 1 aromatic carbocycles. The van der Waals surface area contributed by atoms with Crippen LogP contribution in [0.2, 0.25) is 5.02 Å². The van der Waals surface area contributed by atoms with Crippen LogP contribution in [0.3, 0.4) is 0 Å². The third-order valence-electron chi connectivity index (χ3n) is 3.84. The summed E-state index contributed by atoms with van der Waals surface area (Å²) in [5.41, 5.74) is -0.00181. The Labute approximate surface area is 128 Å². The average molecular weight is 333 g/mol. The molecule has 0 saturated carbocycles. The summed E-state index contributed by atoms with van der Waals surface area (Å²) in [4.78, 5) is 10.3. The SMILES string of the molecule is Cc1c(Cl)cc(S(=O)(=O)N2CCCC[C@H]2C)cc1[N+](=O)[O-]. The van der Waals surface area contributed by atoms with Crippen molar-refractivity contribution in [1.29, 1.82) is 0 Å². The van der Waals surface area contributed by atoms with Gasteiger partial charge in [0.25, 0.3) is 5.69 Å². The molecule has 0 aromatic heterocycles. The molecule has 116 valence electrons. The highest BCUT2D eigenvalue weighted by Crippen LogP contribution is 2.32. The molecular formula is C13H17ClN2O4S. The van der Waals surface area contributed by atoms with Gasteiger partial charge in [0.1, 0.15) is 0 Å². The summed E-state index contributed by atoms with van der Waals surface area (Å²) in [6, 6.07) is 2.28. The van der Waals surface area contributed by atoms with Gasteiger partial charge in [0.2, 0.25) is 10.0 Å². The predicted octanol–water partition coefficient (Wildman–Crippen LogP) is 3.12. The molecule has 1 aliphatic rings. The van der Waals surface area contributed by atoms with Crippen molar-refractivity contribution in [2.45, 2.75) is 44.0 Å². The number of halogens is 1. The molecule has 0 N–H and O–H groups in total. The van der Waals surface area contributed by atoms with Crippen LogP contribution in [-0.2, 0) is 10.0 Å². The summed E-state index contributed by atoms with van der Waals surface area (Å²) in [6.45, 7) is 3.78. The van der Waals surface area contributed by atoms with Crippen molar-refractivity contribution in [3.8, 4) is 0 Å².